The Kier molecular flexibility index (Phi) is 4.01. The molecule has 4 heteroatoms. The smallest absolute Gasteiger partial charge is 0.252 e. The van der Waals surface area contributed by atoms with Gasteiger partial charge in [-0.05, 0) is 29.8 Å². The van der Waals surface area contributed by atoms with Gasteiger partial charge in [0.25, 0.3) is 5.91 Å². The number of para-hydroxylation sites is 1. The molecule has 0 bridgehead atoms. The average Bonchev–Trinajstić information content (AvgIpc) is 3.21. The zero-order valence-electron chi connectivity index (χ0n) is 13.5. The second-order valence-corrected chi connectivity index (χ2v) is 5.72. The second-order valence-electron chi connectivity index (χ2n) is 5.72. The molecular weight excluding hydrogens is 312 g/mol. The largest absolute Gasteiger partial charge is 0.463 e. The van der Waals surface area contributed by atoms with Crippen molar-refractivity contribution in [2.75, 3.05) is 0 Å². The van der Waals surface area contributed by atoms with Crippen LogP contribution >= 0.6 is 0 Å². The maximum absolute atomic E-state index is 12.8. The van der Waals surface area contributed by atoms with E-state index in [4.69, 9.17) is 4.42 Å². The van der Waals surface area contributed by atoms with Crippen LogP contribution < -0.4 is 5.32 Å². The van der Waals surface area contributed by atoms with Crippen molar-refractivity contribution in [1.29, 1.82) is 0 Å². The molecule has 122 valence electrons. The number of furan rings is 1. The minimum Gasteiger partial charge on any atom is -0.463 e. The standard InChI is InChI=1S/C21H16N2O2/c24-21(22-14-15-7-2-1-3-8-15)17-13-19(20-11-6-12-25-20)23-18-10-5-4-9-16(17)18/h1-13H,14H2,(H,22,24). The number of carbonyl (C=O) groups excluding carboxylic acids is 1. The minimum absolute atomic E-state index is 0.129. The predicted molar refractivity (Wildman–Crippen MR) is 97.1 cm³/mol. The van der Waals surface area contributed by atoms with Crippen molar-refractivity contribution in [3.8, 4) is 11.5 Å². The number of nitrogens with one attached hydrogen (secondary N) is 1. The third kappa shape index (κ3) is 3.15. The van der Waals surface area contributed by atoms with Gasteiger partial charge in [0.05, 0.1) is 17.3 Å². The van der Waals surface area contributed by atoms with E-state index in [-0.39, 0.29) is 5.91 Å². The van der Waals surface area contributed by atoms with Gasteiger partial charge in [0.1, 0.15) is 5.69 Å². The molecule has 0 radical (unpaired) electrons. The second kappa shape index (κ2) is 6.61. The highest BCUT2D eigenvalue weighted by atomic mass is 16.3. The number of nitrogens with zero attached hydrogens (tertiary/aromatic N) is 1. The molecule has 0 unspecified atom stereocenters. The van der Waals surface area contributed by atoms with Crippen LogP contribution in [0.2, 0.25) is 0 Å². The molecular formula is C21H16N2O2. The van der Waals surface area contributed by atoms with Crippen molar-refractivity contribution in [2.24, 2.45) is 0 Å². The molecule has 2 heterocycles. The molecule has 0 saturated heterocycles. The number of benzene rings is 2. The average molecular weight is 328 g/mol. The maximum atomic E-state index is 12.8. The first-order chi connectivity index (χ1) is 12.3. The van der Waals surface area contributed by atoms with Gasteiger partial charge in [-0.15, -0.1) is 0 Å². The predicted octanol–water partition coefficient (Wildman–Crippen LogP) is 4.42. The number of hydrogen-bond acceptors (Lipinski definition) is 3. The van der Waals surface area contributed by atoms with E-state index >= 15 is 0 Å². The summed E-state index contributed by atoms with van der Waals surface area (Å²) in [7, 11) is 0. The molecule has 25 heavy (non-hydrogen) atoms. The van der Waals surface area contributed by atoms with Crippen molar-refractivity contribution in [1.82, 2.24) is 10.3 Å². The lowest BCUT2D eigenvalue weighted by Crippen LogP contribution is -2.23. The highest BCUT2D eigenvalue weighted by Gasteiger charge is 2.14. The van der Waals surface area contributed by atoms with Crippen molar-refractivity contribution in [2.45, 2.75) is 6.54 Å². The zero-order valence-corrected chi connectivity index (χ0v) is 13.5. The van der Waals surface area contributed by atoms with Crippen molar-refractivity contribution >= 4 is 16.8 Å². The van der Waals surface area contributed by atoms with Crippen molar-refractivity contribution in [3.63, 3.8) is 0 Å². The SMILES string of the molecule is O=C(NCc1ccccc1)c1cc(-c2ccco2)nc2ccccc12. The van der Waals surface area contributed by atoms with Gasteiger partial charge in [-0.25, -0.2) is 4.98 Å². The summed E-state index contributed by atoms with van der Waals surface area (Å²) in [6, 6.07) is 22.9. The van der Waals surface area contributed by atoms with Crippen LogP contribution in [-0.2, 0) is 6.54 Å². The molecule has 0 aliphatic heterocycles. The molecule has 2 aromatic carbocycles. The van der Waals surface area contributed by atoms with E-state index in [0.717, 1.165) is 16.5 Å². The fourth-order valence-corrected chi connectivity index (χ4v) is 2.79. The Morgan fingerprint density at radius 2 is 1.76 bits per heavy atom. The quantitative estimate of drug-likeness (QED) is 0.603. The van der Waals surface area contributed by atoms with E-state index in [2.05, 4.69) is 10.3 Å². The van der Waals surface area contributed by atoms with Crippen LogP contribution in [0.5, 0.6) is 0 Å². The van der Waals surface area contributed by atoms with Gasteiger partial charge >= 0.3 is 0 Å². The van der Waals surface area contributed by atoms with Crippen LogP contribution in [0.25, 0.3) is 22.4 Å². The van der Waals surface area contributed by atoms with E-state index in [1.807, 2.05) is 60.7 Å². The molecule has 4 aromatic rings. The van der Waals surface area contributed by atoms with Crippen LogP contribution in [0.15, 0.2) is 83.5 Å². The number of hydrogen-bond donors (Lipinski definition) is 1. The number of pyridine rings is 1. The molecule has 0 spiro atoms. The molecule has 4 rings (SSSR count). The fourth-order valence-electron chi connectivity index (χ4n) is 2.79. The Morgan fingerprint density at radius 1 is 0.960 bits per heavy atom. The van der Waals surface area contributed by atoms with E-state index in [1.54, 1.807) is 18.4 Å². The third-order valence-corrected chi connectivity index (χ3v) is 4.03. The van der Waals surface area contributed by atoms with Crippen molar-refractivity contribution in [3.05, 3.63) is 90.2 Å². The van der Waals surface area contributed by atoms with Gasteiger partial charge in [0, 0.05) is 11.9 Å². The Bertz CT molecular complexity index is 1010. The highest BCUT2D eigenvalue weighted by Crippen LogP contribution is 2.25. The van der Waals surface area contributed by atoms with Crippen LogP contribution in [0.3, 0.4) is 0 Å². The zero-order chi connectivity index (χ0) is 17.1. The van der Waals surface area contributed by atoms with Crippen LogP contribution in [0.4, 0.5) is 0 Å². The van der Waals surface area contributed by atoms with Gasteiger partial charge in [-0.3, -0.25) is 4.79 Å². The van der Waals surface area contributed by atoms with Gasteiger partial charge in [0.15, 0.2) is 5.76 Å². The summed E-state index contributed by atoms with van der Waals surface area (Å²) >= 11 is 0. The molecule has 1 amide bonds. The summed E-state index contributed by atoms with van der Waals surface area (Å²) < 4.78 is 5.44. The molecule has 4 nitrogen and oxygen atoms in total. The molecule has 0 atom stereocenters. The fraction of sp³-hybridized carbons (Fsp3) is 0.0476. The number of fused-ring (bicyclic) bond motifs is 1. The highest BCUT2D eigenvalue weighted by molar-refractivity contribution is 6.07. The lowest BCUT2D eigenvalue weighted by molar-refractivity contribution is 0.0952. The summed E-state index contributed by atoms with van der Waals surface area (Å²) in [5, 5.41) is 3.81. The lowest BCUT2D eigenvalue weighted by Gasteiger charge is -2.10. The Morgan fingerprint density at radius 3 is 2.56 bits per heavy atom. The monoisotopic (exact) mass is 328 g/mol. The lowest BCUT2D eigenvalue weighted by atomic mass is 10.1. The molecule has 0 aliphatic carbocycles. The number of rotatable bonds is 4. The van der Waals surface area contributed by atoms with E-state index in [1.165, 1.54) is 0 Å². The Balaban J connectivity index is 1.71. The molecule has 0 aliphatic rings. The topological polar surface area (TPSA) is 55.1 Å². The Hall–Kier alpha value is -3.40. The first kappa shape index (κ1) is 15.1. The van der Waals surface area contributed by atoms with Crippen LogP contribution in [0.1, 0.15) is 15.9 Å². The van der Waals surface area contributed by atoms with E-state index in [0.29, 0.717) is 23.6 Å². The normalized spacial score (nSPS) is 10.7. The summed E-state index contributed by atoms with van der Waals surface area (Å²) in [6.45, 7) is 0.479. The molecule has 0 saturated carbocycles. The van der Waals surface area contributed by atoms with Gasteiger partial charge < -0.3 is 9.73 Å². The first-order valence-corrected chi connectivity index (χ1v) is 8.07. The van der Waals surface area contributed by atoms with E-state index < -0.39 is 0 Å². The molecule has 2 aromatic heterocycles. The first-order valence-electron chi connectivity index (χ1n) is 8.07. The summed E-state index contributed by atoms with van der Waals surface area (Å²) in [5.74, 6) is 0.512. The summed E-state index contributed by atoms with van der Waals surface area (Å²) in [4.78, 5) is 17.4. The maximum Gasteiger partial charge on any atom is 0.252 e. The van der Waals surface area contributed by atoms with E-state index in [9.17, 15) is 4.79 Å². The summed E-state index contributed by atoms with van der Waals surface area (Å²) in [5.41, 5.74) is 3.06. The molecule has 0 fully saturated rings. The number of carbonyl (C=O) groups is 1. The number of aromatic nitrogens is 1. The molecule has 1 N–H and O–H groups in total. The minimum atomic E-state index is -0.129. The summed E-state index contributed by atoms with van der Waals surface area (Å²) in [6.07, 6.45) is 1.60. The van der Waals surface area contributed by atoms with Gasteiger partial charge in [0.2, 0.25) is 0 Å². The van der Waals surface area contributed by atoms with Crippen molar-refractivity contribution < 1.29 is 9.21 Å². The van der Waals surface area contributed by atoms with Gasteiger partial charge in [-0.2, -0.15) is 0 Å². The van der Waals surface area contributed by atoms with Crippen LogP contribution in [-0.4, -0.2) is 10.9 Å². The third-order valence-electron chi connectivity index (χ3n) is 4.03. The van der Waals surface area contributed by atoms with Crippen LogP contribution in [0, 0.1) is 0 Å². The number of amides is 1. The Labute approximate surface area is 145 Å². The van der Waals surface area contributed by atoms with Gasteiger partial charge in [-0.1, -0.05) is 48.5 Å².